The van der Waals surface area contributed by atoms with E-state index in [1.54, 1.807) is 0 Å². The number of nitriles is 1. The third kappa shape index (κ3) is 5.45. The van der Waals surface area contributed by atoms with Crippen LogP contribution < -0.4 is 0 Å². The predicted molar refractivity (Wildman–Crippen MR) is 45.8 cm³/mol. The van der Waals surface area contributed by atoms with E-state index in [4.69, 9.17) is 11.7 Å². The fourth-order valence-electron chi connectivity index (χ4n) is 0.923. The Morgan fingerprint density at radius 1 is 1.45 bits per heavy atom. The van der Waals surface area contributed by atoms with Crippen molar-refractivity contribution in [2.24, 2.45) is 0 Å². The van der Waals surface area contributed by atoms with Crippen molar-refractivity contribution in [1.29, 1.82) is 5.26 Å². The van der Waals surface area contributed by atoms with Crippen molar-refractivity contribution in [3.05, 3.63) is 0 Å². The molecular formula is C9H14N2. The summed E-state index contributed by atoms with van der Waals surface area (Å²) in [6, 6.07) is 2.10. The second-order valence-corrected chi connectivity index (χ2v) is 2.39. The third-order valence-electron chi connectivity index (χ3n) is 1.39. The average Bonchev–Trinajstić information content (AvgIpc) is 2.01. The van der Waals surface area contributed by atoms with E-state index < -0.39 is 0 Å². The lowest BCUT2D eigenvalue weighted by Gasteiger charge is -2.16. The van der Waals surface area contributed by atoms with Gasteiger partial charge in [-0.2, -0.15) is 5.26 Å². The molecule has 0 aromatic carbocycles. The van der Waals surface area contributed by atoms with Gasteiger partial charge >= 0.3 is 0 Å². The van der Waals surface area contributed by atoms with Gasteiger partial charge in [0.05, 0.1) is 12.6 Å². The fraction of sp³-hybridized carbons (Fsp3) is 0.667. The van der Waals surface area contributed by atoms with E-state index in [1.165, 1.54) is 0 Å². The first-order chi connectivity index (χ1) is 5.35. The van der Waals surface area contributed by atoms with Crippen LogP contribution in [0, 0.1) is 23.7 Å². The maximum Gasteiger partial charge on any atom is 0.0635 e. The molecule has 60 valence electrons. The molecule has 0 aromatic heterocycles. The molecular weight excluding hydrogens is 136 g/mol. The van der Waals surface area contributed by atoms with Crippen molar-refractivity contribution in [3.63, 3.8) is 0 Å². The van der Waals surface area contributed by atoms with Crippen molar-refractivity contribution in [2.75, 3.05) is 19.6 Å². The third-order valence-corrected chi connectivity index (χ3v) is 1.39. The van der Waals surface area contributed by atoms with Crippen molar-refractivity contribution in [1.82, 2.24) is 4.90 Å². The van der Waals surface area contributed by atoms with Crippen LogP contribution in [-0.4, -0.2) is 24.5 Å². The summed E-state index contributed by atoms with van der Waals surface area (Å²) in [4.78, 5) is 2.11. The van der Waals surface area contributed by atoms with Gasteiger partial charge in [-0.25, -0.2) is 0 Å². The Balaban J connectivity index is 3.54. The Morgan fingerprint density at radius 3 is 2.64 bits per heavy atom. The highest BCUT2D eigenvalue weighted by Gasteiger charge is 1.99. The lowest BCUT2D eigenvalue weighted by molar-refractivity contribution is 0.315. The van der Waals surface area contributed by atoms with E-state index >= 15 is 0 Å². The topological polar surface area (TPSA) is 27.0 Å². The van der Waals surface area contributed by atoms with Crippen LogP contribution in [0.5, 0.6) is 0 Å². The van der Waals surface area contributed by atoms with Gasteiger partial charge in [-0.15, -0.1) is 6.42 Å². The van der Waals surface area contributed by atoms with Gasteiger partial charge in [0.25, 0.3) is 0 Å². The molecule has 0 aliphatic carbocycles. The Bertz CT molecular complexity index is 161. The molecule has 0 aliphatic rings. The first kappa shape index (κ1) is 10.0. The number of hydrogen-bond donors (Lipinski definition) is 0. The smallest absolute Gasteiger partial charge is 0.0635 e. The monoisotopic (exact) mass is 150 g/mol. The van der Waals surface area contributed by atoms with E-state index in [2.05, 4.69) is 23.8 Å². The van der Waals surface area contributed by atoms with Gasteiger partial charge in [0.1, 0.15) is 0 Å². The van der Waals surface area contributed by atoms with Crippen molar-refractivity contribution >= 4 is 0 Å². The second kappa shape index (κ2) is 7.12. The van der Waals surface area contributed by atoms with Crippen LogP contribution in [-0.2, 0) is 0 Å². The van der Waals surface area contributed by atoms with Crippen molar-refractivity contribution in [2.45, 2.75) is 19.8 Å². The Hall–Kier alpha value is -0.990. The van der Waals surface area contributed by atoms with E-state index in [-0.39, 0.29) is 0 Å². The molecule has 0 spiro atoms. The zero-order valence-electron chi connectivity index (χ0n) is 7.01. The van der Waals surface area contributed by atoms with Crippen LogP contribution in [0.2, 0.25) is 0 Å². The van der Waals surface area contributed by atoms with Crippen LogP contribution in [0.3, 0.4) is 0 Å². The van der Waals surface area contributed by atoms with Gasteiger partial charge in [0.15, 0.2) is 0 Å². The van der Waals surface area contributed by atoms with Crippen molar-refractivity contribution < 1.29 is 0 Å². The molecule has 0 rings (SSSR count). The molecule has 0 aromatic rings. The van der Waals surface area contributed by atoms with Gasteiger partial charge in [-0.05, 0) is 13.0 Å². The fourth-order valence-corrected chi connectivity index (χ4v) is 0.923. The minimum absolute atomic E-state index is 0.571. The molecule has 0 saturated carbocycles. The summed E-state index contributed by atoms with van der Waals surface area (Å²) >= 11 is 0. The van der Waals surface area contributed by atoms with Gasteiger partial charge in [-0.1, -0.05) is 12.8 Å². The minimum Gasteiger partial charge on any atom is -0.291 e. The number of hydrogen-bond acceptors (Lipinski definition) is 2. The molecule has 11 heavy (non-hydrogen) atoms. The first-order valence-corrected chi connectivity index (χ1v) is 3.88. The van der Waals surface area contributed by atoms with Gasteiger partial charge < -0.3 is 0 Å². The van der Waals surface area contributed by atoms with Crippen LogP contribution in [0.25, 0.3) is 0 Å². The van der Waals surface area contributed by atoms with E-state index in [0.717, 1.165) is 19.5 Å². The summed E-state index contributed by atoms with van der Waals surface area (Å²) in [6.45, 7) is 4.56. The highest BCUT2D eigenvalue weighted by atomic mass is 15.1. The van der Waals surface area contributed by atoms with E-state index in [1.807, 2.05) is 0 Å². The highest BCUT2D eigenvalue weighted by Crippen LogP contribution is 1.91. The zero-order chi connectivity index (χ0) is 8.53. The van der Waals surface area contributed by atoms with E-state index in [0.29, 0.717) is 13.0 Å². The quantitative estimate of drug-likeness (QED) is 0.551. The van der Waals surface area contributed by atoms with Gasteiger partial charge in [-0.3, -0.25) is 4.90 Å². The summed E-state index contributed by atoms with van der Waals surface area (Å²) < 4.78 is 0. The molecule has 0 amide bonds. The number of terminal acetylenes is 1. The molecule has 2 nitrogen and oxygen atoms in total. The SMILES string of the molecule is C#CCN(CCC)CCC#N. The van der Waals surface area contributed by atoms with E-state index in [9.17, 15) is 0 Å². The Morgan fingerprint density at radius 2 is 2.18 bits per heavy atom. The molecule has 0 bridgehead atoms. The standard InChI is InChI=1S/C9H14N2/c1-3-7-11(8-4-2)9-5-6-10/h1H,4-5,7-9H2,2H3. The summed E-state index contributed by atoms with van der Waals surface area (Å²) in [7, 11) is 0. The molecule has 0 unspecified atom stereocenters. The number of rotatable bonds is 5. The molecule has 0 N–H and O–H groups in total. The van der Waals surface area contributed by atoms with Crippen LogP contribution >= 0.6 is 0 Å². The molecule has 0 atom stereocenters. The maximum atomic E-state index is 8.32. The molecule has 0 radical (unpaired) electrons. The number of nitrogens with zero attached hydrogens (tertiary/aromatic N) is 2. The average molecular weight is 150 g/mol. The molecule has 0 saturated heterocycles. The van der Waals surface area contributed by atoms with Crippen LogP contribution in [0.1, 0.15) is 19.8 Å². The summed E-state index contributed by atoms with van der Waals surface area (Å²) in [6.07, 6.45) is 6.82. The normalized spacial score (nSPS) is 9.09. The first-order valence-electron chi connectivity index (χ1n) is 3.88. The Labute approximate surface area is 68.8 Å². The minimum atomic E-state index is 0.571. The molecule has 0 fully saturated rings. The largest absolute Gasteiger partial charge is 0.291 e. The van der Waals surface area contributed by atoms with Crippen LogP contribution in [0.15, 0.2) is 0 Å². The van der Waals surface area contributed by atoms with Crippen molar-refractivity contribution in [3.8, 4) is 18.4 Å². The maximum absolute atomic E-state index is 8.32. The summed E-state index contributed by atoms with van der Waals surface area (Å²) in [5.74, 6) is 2.58. The summed E-state index contributed by atoms with van der Waals surface area (Å²) in [5, 5.41) is 8.32. The zero-order valence-corrected chi connectivity index (χ0v) is 7.01. The molecule has 0 heterocycles. The Kier molecular flexibility index (Phi) is 6.48. The predicted octanol–water partition coefficient (Wildman–Crippen LogP) is 1.25. The summed E-state index contributed by atoms with van der Waals surface area (Å²) in [5.41, 5.74) is 0. The molecule has 2 heteroatoms. The highest BCUT2D eigenvalue weighted by molar-refractivity contribution is 4.88. The van der Waals surface area contributed by atoms with Crippen LogP contribution in [0.4, 0.5) is 0 Å². The van der Waals surface area contributed by atoms with Gasteiger partial charge in [0.2, 0.25) is 0 Å². The lowest BCUT2D eigenvalue weighted by Crippen LogP contribution is -2.25. The lowest BCUT2D eigenvalue weighted by atomic mass is 10.3. The molecule has 0 aliphatic heterocycles. The second-order valence-electron chi connectivity index (χ2n) is 2.39. The van der Waals surface area contributed by atoms with Gasteiger partial charge in [0, 0.05) is 13.0 Å².